The molecule has 0 bridgehead atoms. The quantitative estimate of drug-likeness (QED) is 0.437. The zero-order valence-corrected chi connectivity index (χ0v) is 14.5. The summed E-state index contributed by atoms with van der Waals surface area (Å²) in [7, 11) is 0. The van der Waals surface area contributed by atoms with Gasteiger partial charge in [-0.3, -0.25) is 0 Å². The summed E-state index contributed by atoms with van der Waals surface area (Å²) in [5, 5.41) is 1.10. The van der Waals surface area contributed by atoms with Gasteiger partial charge in [0.25, 0.3) is 0 Å². The van der Waals surface area contributed by atoms with E-state index in [0.717, 1.165) is 0 Å². The first-order valence-corrected chi connectivity index (χ1v) is 9.85. The minimum absolute atomic E-state index is 0.0109. The Hall–Kier alpha value is -1.17. The van der Waals surface area contributed by atoms with Gasteiger partial charge in [-0.15, -0.1) is 0 Å². The normalized spacial score (nSPS) is 19.4. The fourth-order valence-corrected chi connectivity index (χ4v) is 5.01. The number of carbonyl (C=O) groups excluding carboxylic acids is 4. The molecule has 2 aliphatic heterocycles. The Kier molecular flexibility index (Phi) is 6.01. The maximum absolute atomic E-state index is 11.7. The van der Waals surface area contributed by atoms with Crippen molar-refractivity contribution in [2.24, 2.45) is 0 Å². The SMILES string of the molecule is CC[O][Ti]([O]CC)([O]N1C(=O)CCC1=O)[O]N1C(=O)CCC1=O. The van der Waals surface area contributed by atoms with E-state index in [1.165, 1.54) is 0 Å². The van der Waals surface area contributed by atoms with Crippen LogP contribution in [0.1, 0.15) is 39.5 Å². The van der Waals surface area contributed by atoms with Crippen molar-refractivity contribution < 1.29 is 50.8 Å². The topological polar surface area (TPSA) is 112 Å². The molecule has 2 heterocycles. The molecule has 2 saturated heterocycles. The van der Waals surface area contributed by atoms with E-state index in [0.29, 0.717) is 10.1 Å². The van der Waals surface area contributed by atoms with Gasteiger partial charge < -0.3 is 0 Å². The van der Waals surface area contributed by atoms with Crippen molar-refractivity contribution in [3.05, 3.63) is 0 Å². The van der Waals surface area contributed by atoms with Gasteiger partial charge in [0.1, 0.15) is 0 Å². The molecule has 0 saturated carbocycles. The molecule has 11 heteroatoms. The fraction of sp³-hybridized carbons (Fsp3) is 0.667. The summed E-state index contributed by atoms with van der Waals surface area (Å²) in [6, 6.07) is 0. The number of rotatable bonds is 8. The van der Waals surface area contributed by atoms with Gasteiger partial charge in [0, 0.05) is 0 Å². The number of nitrogens with zero attached hydrogens (tertiary/aromatic N) is 2. The molecule has 2 fully saturated rings. The summed E-state index contributed by atoms with van der Waals surface area (Å²) in [5.41, 5.74) is 0. The van der Waals surface area contributed by atoms with Crippen LogP contribution in [0.5, 0.6) is 0 Å². The Balaban J connectivity index is 2.23. The second-order valence-electron chi connectivity index (χ2n) is 4.71. The van der Waals surface area contributed by atoms with Gasteiger partial charge in [0.2, 0.25) is 0 Å². The van der Waals surface area contributed by atoms with Crippen LogP contribution in [-0.4, -0.2) is 47.0 Å². The Morgan fingerprint density at radius 1 is 0.739 bits per heavy atom. The summed E-state index contributed by atoms with van der Waals surface area (Å²) in [6.45, 7) is 3.44. The van der Waals surface area contributed by atoms with Gasteiger partial charge in [0.05, 0.1) is 0 Å². The molecule has 0 atom stereocenters. The molecule has 10 nitrogen and oxygen atoms in total. The fourth-order valence-electron chi connectivity index (χ4n) is 2.06. The molecule has 0 aromatic carbocycles. The van der Waals surface area contributed by atoms with Crippen molar-refractivity contribution in [1.82, 2.24) is 10.1 Å². The first kappa shape index (κ1) is 18.2. The number of amides is 4. The van der Waals surface area contributed by atoms with Crippen molar-refractivity contribution in [3.63, 3.8) is 0 Å². The van der Waals surface area contributed by atoms with Gasteiger partial charge in [-0.05, 0) is 0 Å². The van der Waals surface area contributed by atoms with Crippen molar-refractivity contribution in [3.8, 4) is 0 Å². The predicted octanol–water partition coefficient (Wildman–Crippen LogP) is 0.0345. The zero-order chi connectivity index (χ0) is 17.0. The Morgan fingerprint density at radius 2 is 1.04 bits per heavy atom. The molecule has 0 N–H and O–H groups in total. The summed E-state index contributed by atoms with van der Waals surface area (Å²) in [5.74, 6) is -2.20. The van der Waals surface area contributed by atoms with Gasteiger partial charge in [-0.2, -0.15) is 0 Å². The van der Waals surface area contributed by atoms with Crippen LogP contribution in [0.3, 0.4) is 0 Å². The average molecular weight is 366 g/mol. The third-order valence-corrected chi connectivity index (χ3v) is 6.33. The van der Waals surface area contributed by atoms with Gasteiger partial charge in [-0.1, -0.05) is 0 Å². The van der Waals surface area contributed by atoms with Crippen molar-refractivity contribution in [2.75, 3.05) is 13.2 Å². The average Bonchev–Trinajstić information content (AvgIpc) is 2.98. The second-order valence-corrected chi connectivity index (χ2v) is 7.75. The zero-order valence-electron chi connectivity index (χ0n) is 12.9. The molecular weight excluding hydrogens is 348 g/mol. The van der Waals surface area contributed by atoms with E-state index in [1.54, 1.807) is 13.8 Å². The molecular formula is C12H18N2O8Ti. The van der Waals surface area contributed by atoms with Crippen LogP contribution in [0, 0.1) is 0 Å². The first-order valence-electron chi connectivity index (χ1n) is 7.30. The minimum atomic E-state index is -4.73. The monoisotopic (exact) mass is 366 g/mol. The molecule has 0 aliphatic carbocycles. The molecule has 23 heavy (non-hydrogen) atoms. The van der Waals surface area contributed by atoms with Crippen LogP contribution < -0.4 is 0 Å². The number of hydrogen-bond donors (Lipinski definition) is 0. The van der Waals surface area contributed by atoms with E-state index in [9.17, 15) is 19.2 Å². The maximum atomic E-state index is 11.7. The molecule has 0 radical (unpaired) electrons. The Bertz CT molecular complexity index is 447. The number of carbonyl (C=O) groups is 4. The summed E-state index contributed by atoms with van der Waals surface area (Å²) in [4.78, 5) is 46.9. The Labute approximate surface area is 137 Å². The van der Waals surface area contributed by atoms with E-state index >= 15 is 0 Å². The van der Waals surface area contributed by atoms with Crippen molar-refractivity contribution >= 4 is 23.6 Å². The molecule has 128 valence electrons. The molecule has 4 amide bonds. The standard InChI is InChI=1S/2C4H4NO3.2C2H5O.Ti/c2*6-3-1-2-4(7)5(3)8;2*1-2-3;/h2*1-2H2;2*2H2,1H3;/q4*-1;+4. The molecule has 2 aliphatic rings. The van der Waals surface area contributed by atoms with Gasteiger partial charge in [0.15, 0.2) is 0 Å². The van der Waals surface area contributed by atoms with Gasteiger partial charge in [-0.25, -0.2) is 0 Å². The predicted molar refractivity (Wildman–Crippen MR) is 67.6 cm³/mol. The van der Waals surface area contributed by atoms with Gasteiger partial charge >= 0.3 is 137 Å². The van der Waals surface area contributed by atoms with Crippen LogP contribution >= 0.6 is 0 Å². The van der Waals surface area contributed by atoms with E-state index in [-0.39, 0.29) is 38.9 Å². The number of imide groups is 2. The molecule has 0 aromatic heterocycles. The molecule has 0 unspecified atom stereocenters. The summed E-state index contributed by atoms with van der Waals surface area (Å²) < 4.78 is 21.6. The summed E-state index contributed by atoms with van der Waals surface area (Å²) in [6.07, 6.45) is 0.0436. The first-order chi connectivity index (χ1) is 10.9. The number of hydroxylamine groups is 4. The van der Waals surface area contributed by atoms with E-state index < -0.39 is 41.8 Å². The molecule has 2 rings (SSSR count). The van der Waals surface area contributed by atoms with Crippen molar-refractivity contribution in [2.45, 2.75) is 39.5 Å². The third kappa shape index (κ3) is 4.03. The molecule has 0 spiro atoms. The van der Waals surface area contributed by atoms with Crippen LogP contribution in [0.25, 0.3) is 0 Å². The molecule has 0 aromatic rings. The summed E-state index contributed by atoms with van der Waals surface area (Å²) >= 11 is -4.73. The van der Waals surface area contributed by atoms with Crippen LogP contribution in [0.15, 0.2) is 0 Å². The number of hydrogen-bond acceptors (Lipinski definition) is 8. The van der Waals surface area contributed by atoms with Crippen LogP contribution in [0.4, 0.5) is 0 Å². The second kappa shape index (κ2) is 7.60. The van der Waals surface area contributed by atoms with E-state index in [1.807, 2.05) is 0 Å². The van der Waals surface area contributed by atoms with Crippen molar-refractivity contribution in [1.29, 1.82) is 0 Å². The third-order valence-electron chi connectivity index (χ3n) is 3.06. The Morgan fingerprint density at radius 3 is 1.30 bits per heavy atom. The van der Waals surface area contributed by atoms with E-state index in [4.69, 9.17) is 13.5 Å². The van der Waals surface area contributed by atoms with Crippen LogP contribution in [-0.2, 0) is 50.8 Å². The van der Waals surface area contributed by atoms with E-state index in [2.05, 4.69) is 0 Å². The van der Waals surface area contributed by atoms with Crippen LogP contribution in [0.2, 0.25) is 0 Å².